The van der Waals surface area contributed by atoms with E-state index in [4.69, 9.17) is 18.6 Å². The molecule has 3 rings (SSSR count). The van der Waals surface area contributed by atoms with Gasteiger partial charge in [0.25, 0.3) is 5.91 Å². The zero-order chi connectivity index (χ0) is 24.0. The highest BCUT2D eigenvalue weighted by Gasteiger charge is 2.27. The van der Waals surface area contributed by atoms with Crippen LogP contribution in [0.5, 0.6) is 11.5 Å². The first-order chi connectivity index (χ1) is 15.8. The summed E-state index contributed by atoms with van der Waals surface area (Å²) in [5, 5.41) is 2.75. The van der Waals surface area contributed by atoms with E-state index in [9.17, 15) is 9.59 Å². The van der Waals surface area contributed by atoms with Crippen LogP contribution >= 0.6 is 0 Å². The number of ether oxygens (including phenoxy) is 3. The Morgan fingerprint density at radius 1 is 1.03 bits per heavy atom. The van der Waals surface area contributed by atoms with Crippen LogP contribution in [0.25, 0.3) is 11.5 Å². The summed E-state index contributed by atoms with van der Waals surface area (Å²) in [5.41, 5.74) is 1.66. The molecule has 1 N–H and O–H groups in total. The van der Waals surface area contributed by atoms with Crippen molar-refractivity contribution < 1.29 is 28.2 Å². The number of amides is 1. The number of aromatic nitrogens is 1. The van der Waals surface area contributed by atoms with Crippen LogP contribution in [0.1, 0.15) is 35.7 Å². The summed E-state index contributed by atoms with van der Waals surface area (Å²) in [6, 6.07) is 13.4. The average Bonchev–Trinajstić information content (AvgIpc) is 3.21. The van der Waals surface area contributed by atoms with Crippen molar-refractivity contribution in [1.82, 2.24) is 10.3 Å². The summed E-state index contributed by atoms with van der Waals surface area (Å²) >= 11 is 0. The van der Waals surface area contributed by atoms with Crippen molar-refractivity contribution in [3.63, 3.8) is 0 Å². The number of methoxy groups -OCH3 is 2. The molecule has 8 heteroatoms. The Hall–Kier alpha value is -3.81. The minimum atomic E-state index is -0.851. The second-order valence-corrected chi connectivity index (χ2v) is 7.79. The van der Waals surface area contributed by atoms with Crippen molar-refractivity contribution in [2.75, 3.05) is 14.2 Å². The quantitative estimate of drug-likeness (QED) is 0.487. The predicted molar refractivity (Wildman–Crippen MR) is 122 cm³/mol. The number of aryl methyl sites for hydroxylation is 1. The van der Waals surface area contributed by atoms with Gasteiger partial charge in [-0.1, -0.05) is 32.0 Å². The van der Waals surface area contributed by atoms with Gasteiger partial charge < -0.3 is 23.9 Å². The largest absolute Gasteiger partial charge is 0.497 e. The highest BCUT2D eigenvalue weighted by atomic mass is 16.5. The fourth-order valence-electron chi connectivity index (χ4n) is 3.16. The molecule has 0 aliphatic heterocycles. The third-order valence-corrected chi connectivity index (χ3v) is 5.09. The fourth-order valence-corrected chi connectivity index (χ4v) is 3.16. The highest BCUT2D eigenvalue weighted by Crippen LogP contribution is 2.24. The monoisotopic (exact) mass is 452 g/mol. The van der Waals surface area contributed by atoms with E-state index >= 15 is 0 Å². The molecule has 0 radical (unpaired) electrons. The van der Waals surface area contributed by atoms with E-state index in [0.717, 1.165) is 5.56 Å². The predicted octanol–water partition coefficient (Wildman–Crippen LogP) is 4.17. The molecule has 1 amide bonds. The number of rotatable bonds is 9. The van der Waals surface area contributed by atoms with Crippen molar-refractivity contribution in [2.45, 2.75) is 33.4 Å². The third-order valence-electron chi connectivity index (χ3n) is 5.09. The van der Waals surface area contributed by atoms with Crippen LogP contribution in [0, 0.1) is 12.8 Å². The van der Waals surface area contributed by atoms with Gasteiger partial charge in [-0.3, -0.25) is 4.79 Å². The van der Waals surface area contributed by atoms with Crippen molar-refractivity contribution in [1.29, 1.82) is 0 Å². The number of nitrogens with zero attached hydrogens (tertiary/aromatic N) is 1. The minimum absolute atomic E-state index is 0.0624. The molecular weight excluding hydrogens is 424 g/mol. The van der Waals surface area contributed by atoms with Gasteiger partial charge in [0.15, 0.2) is 0 Å². The zero-order valence-electron chi connectivity index (χ0n) is 19.4. The van der Waals surface area contributed by atoms with Gasteiger partial charge in [-0.05, 0) is 37.1 Å². The topological polar surface area (TPSA) is 99.9 Å². The minimum Gasteiger partial charge on any atom is -0.497 e. The van der Waals surface area contributed by atoms with Gasteiger partial charge in [0.2, 0.25) is 5.89 Å². The van der Waals surface area contributed by atoms with Crippen molar-refractivity contribution in [3.05, 3.63) is 65.5 Å². The lowest BCUT2D eigenvalue weighted by molar-refractivity contribution is -0.148. The highest BCUT2D eigenvalue weighted by molar-refractivity contribution is 5.97. The molecule has 1 aromatic heterocycles. The number of oxazole rings is 1. The molecule has 1 atom stereocenters. The second kappa shape index (κ2) is 10.7. The lowest BCUT2D eigenvalue weighted by atomic mass is 10.0. The summed E-state index contributed by atoms with van der Waals surface area (Å²) < 4.78 is 21.6. The number of hydrogen-bond acceptors (Lipinski definition) is 7. The molecule has 0 aliphatic carbocycles. The van der Waals surface area contributed by atoms with E-state index in [0.29, 0.717) is 34.4 Å². The van der Waals surface area contributed by atoms with Crippen LogP contribution in [0.2, 0.25) is 0 Å². The number of benzene rings is 2. The van der Waals surface area contributed by atoms with E-state index in [1.165, 1.54) is 14.2 Å². The maximum absolute atomic E-state index is 12.8. The standard InChI is InChI=1S/C25H28N2O6/c1-15(2)22(27-23(28)18-11-19(30-4)13-20(12-18)31-5)25(29)32-14-21-16(3)33-24(26-21)17-9-7-6-8-10-17/h6-13,15,22H,14H2,1-5H3,(H,27,28)/t22-/m0/s1. The Morgan fingerprint density at radius 2 is 1.67 bits per heavy atom. The van der Waals surface area contributed by atoms with Crippen LogP contribution in [0.3, 0.4) is 0 Å². The molecule has 33 heavy (non-hydrogen) atoms. The van der Waals surface area contributed by atoms with Crippen LogP contribution < -0.4 is 14.8 Å². The summed E-state index contributed by atoms with van der Waals surface area (Å²) in [6.45, 7) is 5.36. The van der Waals surface area contributed by atoms with Crippen LogP contribution in [0.4, 0.5) is 0 Å². The lowest BCUT2D eigenvalue weighted by Gasteiger charge is -2.21. The maximum Gasteiger partial charge on any atom is 0.329 e. The number of carbonyl (C=O) groups is 2. The molecule has 0 spiro atoms. The van der Waals surface area contributed by atoms with Crippen molar-refractivity contribution in [3.8, 4) is 23.0 Å². The Balaban J connectivity index is 1.69. The van der Waals surface area contributed by atoms with E-state index in [2.05, 4.69) is 10.3 Å². The molecule has 2 aromatic carbocycles. The Kier molecular flexibility index (Phi) is 7.71. The zero-order valence-corrected chi connectivity index (χ0v) is 19.4. The molecule has 1 heterocycles. The third kappa shape index (κ3) is 5.91. The summed E-state index contributed by atoms with van der Waals surface area (Å²) in [6.07, 6.45) is 0. The molecular formula is C25H28N2O6. The van der Waals surface area contributed by atoms with Gasteiger partial charge in [0, 0.05) is 17.2 Å². The molecule has 0 fully saturated rings. The van der Waals surface area contributed by atoms with Crippen LogP contribution in [-0.4, -0.2) is 37.1 Å². The molecule has 0 saturated heterocycles. The van der Waals surface area contributed by atoms with E-state index in [-0.39, 0.29) is 12.5 Å². The molecule has 8 nitrogen and oxygen atoms in total. The molecule has 0 bridgehead atoms. The van der Waals surface area contributed by atoms with Gasteiger partial charge in [-0.25, -0.2) is 9.78 Å². The number of carbonyl (C=O) groups excluding carboxylic acids is 2. The smallest absolute Gasteiger partial charge is 0.329 e. The Morgan fingerprint density at radius 3 is 2.24 bits per heavy atom. The van der Waals surface area contributed by atoms with Gasteiger partial charge >= 0.3 is 5.97 Å². The summed E-state index contributed by atoms with van der Waals surface area (Å²) in [4.78, 5) is 30.1. The molecule has 0 unspecified atom stereocenters. The normalized spacial score (nSPS) is 11.7. The fraction of sp³-hybridized carbons (Fsp3) is 0.320. The molecule has 0 saturated carbocycles. The molecule has 174 valence electrons. The average molecular weight is 453 g/mol. The number of nitrogens with one attached hydrogen (secondary N) is 1. The van der Waals surface area contributed by atoms with E-state index in [1.54, 1.807) is 25.1 Å². The maximum atomic E-state index is 12.8. The number of esters is 1. The first kappa shape index (κ1) is 23.8. The van der Waals surface area contributed by atoms with E-state index in [1.807, 2.05) is 44.2 Å². The second-order valence-electron chi connectivity index (χ2n) is 7.79. The van der Waals surface area contributed by atoms with E-state index < -0.39 is 17.9 Å². The lowest BCUT2D eigenvalue weighted by Crippen LogP contribution is -2.45. The van der Waals surface area contributed by atoms with Gasteiger partial charge in [0.05, 0.1) is 14.2 Å². The van der Waals surface area contributed by atoms with Crippen molar-refractivity contribution >= 4 is 11.9 Å². The van der Waals surface area contributed by atoms with Gasteiger partial charge in [-0.2, -0.15) is 0 Å². The first-order valence-corrected chi connectivity index (χ1v) is 10.5. The SMILES string of the molecule is COc1cc(OC)cc(C(=O)N[C@H](C(=O)OCc2nc(-c3ccccc3)oc2C)C(C)C)c1. The van der Waals surface area contributed by atoms with Gasteiger partial charge in [0.1, 0.15) is 35.6 Å². The number of hydrogen-bond donors (Lipinski definition) is 1. The van der Waals surface area contributed by atoms with Crippen LogP contribution in [0.15, 0.2) is 52.9 Å². The molecule has 0 aliphatic rings. The first-order valence-electron chi connectivity index (χ1n) is 10.5. The van der Waals surface area contributed by atoms with Crippen molar-refractivity contribution in [2.24, 2.45) is 5.92 Å². The summed E-state index contributed by atoms with van der Waals surface area (Å²) in [5.74, 6) is 0.767. The van der Waals surface area contributed by atoms with Crippen LogP contribution in [-0.2, 0) is 16.1 Å². The Bertz CT molecular complexity index is 1090. The molecule has 3 aromatic rings. The Labute approximate surface area is 192 Å². The summed E-state index contributed by atoms with van der Waals surface area (Å²) in [7, 11) is 3.00. The van der Waals surface area contributed by atoms with Gasteiger partial charge in [-0.15, -0.1) is 0 Å².